The summed E-state index contributed by atoms with van der Waals surface area (Å²) < 4.78 is 10.9. The zero-order chi connectivity index (χ0) is 23.1. The van der Waals surface area contributed by atoms with Crippen molar-refractivity contribution < 1.29 is 23.9 Å². The standard InChI is InChI=1S/C25H36N2O5/c1-4-5-17-31-24(30)26-14-11-25(12-15-26)13-16-27(23(25)29)21(19(2)3)22(28)32-18-20-9-7-6-8-10-20/h6-10,19,21H,4-5,11-18H2,1-3H3/t21-/m0/s1. The molecule has 1 spiro atoms. The lowest BCUT2D eigenvalue weighted by atomic mass is 9.77. The van der Waals surface area contributed by atoms with E-state index in [0.717, 1.165) is 18.4 Å². The van der Waals surface area contributed by atoms with Gasteiger partial charge in [-0.1, -0.05) is 57.5 Å². The van der Waals surface area contributed by atoms with Crippen molar-refractivity contribution in [2.45, 2.75) is 65.5 Å². The summed E-state index contributed by atoms with van der Waals surface area (Å²) in [6, 6.07) is 8.96. The molecular weight excluding hydrogens is 408 g/mol. The van der Waals surface area contributed by atoms with Crippen LogP contribution in [0.25, 0.3) is 0 Å². The fourth-order valence-corrected chi connectivity index (χ4v) is 4.66. The highest BCUT2D eigenvalue weighted by molar-refractivity contribution is 5.90. The summed E-state index contributed by atoms with van der Waals surface area (Å²) in [5, 5.41) is 0. The topological polar surface area (TPSA) is 76.2 Å². The second-order valence-electron chi connectivity index (χ2n) is 9.27. The molecule has 2 fully saturated rings. The van der Waals surface area contributed by atoms with Crippen LogP contribution in [0.4, 0.5) is 4.79 Å². The number of unbranched alkanes of at least 4 members (excludes halogenated alkanes) is 1. The molecule has 1 aromatic carbocycles. The summed E-state index contributed by atoms with van der Waals surface area (Å²) in [4.78, 5) is 42.1. The van der Waals surface area contributed by atoms with Gasteiger partial charge in [0.15, 0.2) is 0 Å². The van der Waals surface area contributed by atoms with E-state index >= 15 is 0 Å². The van der Waals surface area contributed by atoms with Gasteiger partial charge in [-0.05, 0) is 37.2 Å². The molecule has 0 radical (unpaired) electrons. The van der Waals surface area contributed by atoms with Crippen LogP contribution in [0.5, 0.6) is 0 Å². The molecule has 2 saturated heterocycles. The molecule has 1 aromatic rings. The van der Waals surface area contributed by atoms with E-state index in [1.807, 2.05) is 44.2 Å². The van der Waals surface area contributed by atoms with Crippen LogP contribution in [-0.4, -0.2) is 60.1 Å². The van der Waals surface area contributed by atoms with E-state index in [4.69, 9.17) is 9.47 Å². The normalized spacial score (nSPS) is 18.8. The quantitative estimate of drug-likeness (QED) is 0.447. The molecule has 0 saturated carbocycles. The number of rotatable bonds is 8. The number of benzene rings is 1. The zero-order valence-corrected chi connectivity index (χ0v) is 19.5. The van der Waals surface area contributed by atoms with Crippen LogP contribution in [-0.2, 0) is 25.7 Å². The average Bonchev–Trinajstić information content (AvgIpc) is 3.09. The monoisotopic (exact) mass is 444 g/mol. The van der Waals surface area contributed by atoms with Crippen LogP contribution in [0, 0.1) is 11.3 Å². The number of carbonyl (C=O) groups is 3. The second-order valence-corrected chi connectivity index (χ2v) is 9.27. The lowest BCUT2D eigenvalue weighted by Crippen LogP contribution is -2.51. The maximum absolute atomic E-state index is 13.5. The van der Waals surface area contributed by atoms with E-state index in [0.29, 0.717) is 45.5 Å². The number of hydrogen-bond donors (Lipinski definition) is 0. The molecule has 7 heteroatoms. The van der Waals surface area contributed by atoms with E-state index in [1.54, 1.807) is 9.80 Å². The number of nitrogens with zero attached hydrogens (tertiary/aromatic N) is 2. The van der Waals surface area contributed by atoms with Gasteiger partial charge in [-0.25, -0.2) is 9.59 Å². The minimum Gasteiger partial charge on any atom is -0.459 e. The van der Waals surface area contributed by atoms with Crippen molar-refractivity contribution >= 4 is 18.0 Å². The Hall–Kier alpha value is -2.57. The lowest BCUT2D eigenvalue weighted by molar-refractivity contribution is -0.159. The van der Waals surface area contributed by atoms with Crippen molar-refractivity contribution in [3.05, 3.63) is 35.9 Å². The van der Waals surface area contributed by atoms with E-state index in [9.17, 15) is 14.4 Å². The van der Waals surface area contributed by atoms with Gasteiger partial charge >= 0.3 is 12.1 Å². The molecule has 0 aliphatic carbocycles. The zero-order valence-electron chi connectivity index (χ0n) is 19.5. The van der Waals surface area contributed by atoms with Gasteiger partial charge in [0.05, 0.1) is 12.0 Å². The predicted octanol–water partition coefficient (Wildman–Crippen LogP) is 4.01. The Labute approximate surface area is 191 Å². The van der Waals surface area contributed by atoms with Gasteiger partial charge in [-0.15, -0.1) is 0 Å². The third-order valence-corrected chi connectivity index (χ3v) is 6.68. The molecule has 176 valence electrons. The molecule has 0 aromatic heterocycles. The van der Waals surface area contributed by atoms with Gasteiger partial charge < -0.3 is 19.3 Å². The maximum Gasteiger partial charge on any atom is 0.409 e. The number of amides is 2. The van der Waals surface area contributed by atoms with Gasteiger partial charge in [-0.2, -0.15) is 0 Å². The summed E-state index contributed by atoms with van der Waals surface area (Å²) in [5.41, 5.74) is 0.429. The van der Waals surface area contributed by atoms with Gasteiger partial charge in [0.1, 0.15) is 12.6 Å². The van der Waals surface area contributed by atoms with Crippen molar-refractivity contribution in [2.75, 3.05) is 26.2 Å². The summed E-state index contributed by atoms with van der Waals surface area (Å²) >= 11 is 0. The smallest absolute Gasteiger partial charge is 0.409 e. The molecule has 2 aliphatic rings. The minimum absolute atomic E-state index is 0.0202. The van der Waals surface area contributed by atoms with Gasteiger partial charge in [0.2, 0.25) is 5.91 Å². The minimum atomic E-state index is -0.595. The third-order valence-electron chi connectivity index (χ3n) is 6.68. The molecule has 1 atom stereocenters. The van der Waals surface area contributed by atoms with Crippen LogP contribution >= 0.6 is 0 Å². The number of likely N-dealkylation sites (tertiary alicyclic amines) is 2. The Balaban J connectivity index is 1.59. The maximum atomic E-state index is 13.5. The molecule has 7 nitrogen and oxygen atoms in total. The first-order valence-electron chi connectivity index (χ1n) is 11.8. The van der Waals surface area contributed by atoms with Crippen LogP contribution in [0.1, 0.15) is 58.4 Å². The average molecular weight is 445 g/mol. The first-order valence-corrected chi connectivity index (χ1v) is 11.8. The molecule has 3 rings (SSSR count). The highest BCUT2D eigenvalue weighted by Crippen LogP contribution is 2.43. The van der Waals surface area contributed by atoms with Gasteiger partial charge in [0, 0.05) is 19.6 Å². The van der Waals surface area contributed by atoms with Crippen molar-refractivity contribution in [1.29, 1.82) is 0 Å². The van der Waals surface area contributed by atoms with Crippen LogP contribution in [0.15, 0.2) is 30.3 Å². The molecule has 0 unspecified atom stereocenters. The number of ether oxygens (including phenoxy) is 2. The largest absolute Gasteiger partial charge is 0.459 e. The molecule has 2 aliphatic heterocycles. The Morgan fingerprint density at radius 1 is 1.03 bits per heavy atom. The van der Waals surface area contributed by atoms with Crippen molar-refractivity contribution in [3.8, 4) is 0 Å². The van der Waals surface area contributed by atoms with Crippen molar-refractivity contribution in [3.63, 3.8) is 0 Å². The molecule has 2 amide bonds. The molecular formula is C25H36N2O5. The molecule has 32 heavy (non-hydrogen) atoms. The summed E-state index contributed by atoms with van der Waals surface area (Å²) in [6.07, 6.45) is 3.46. The Bertz CT molecular complexity index is 787. The lowest BCUT2D eigenvalue weighted by Gasteiger charge is -2.38. The Kier molecular flexibility index (Phi) is 8.15. The first kappa shape index (κ1) is 24.1. The highest BCUT2D eigenvalue weighted by Gasteiger charge is 2.52. The molecule has 2 heterocycles. The van der Waals surface area contributed by atoms with Crippen molar-refractivity contribution in [1.82, 2.24) is 9.80 Å². The fourth-order valence-electron chi connectivity index (χ4n) is 4.66. The number of carbonyl (C=O) groups excluding carboxylic acids is 3. The number of hydrogen-bond acceptors (Lipinski definition) is 5. The van der Waals surface area contributed by atoms with Crippen molar-refractivity contribution in [2.24, 2.45) is 11.3 Å². The van der Waals surface area contributed by atoms with Crippen LogP contribution < -0.4 is 0 Å². The molecule has 0 bridgehead atoms. The van der Waals surface area contributed by atoms with E-state index < -0.39 is 11.5 Å². The third kappa shape index (κ3) is 5.43. The van der Waals surface area contributed by atoms with Crippen LogP contribution in [0.2, 0.25) is 0 Å². The van der Waals surface area contributed by atoms with Gasteiger partial charge in [-0.3, -0.25) is 4.79 Å². The van der Waals surface area contributed by atoms with Crippen LogP contribution in [0.3, 0.4) is 0 Å². The SMILES string of the molecule is CCCCOC(=O)N1CCC2(CC1)CCN([C@H](C(=O)OCc1ccccc1)C(C)C)C2=O. The van der Waals surface area contributed by atoms with E-state index in [1.165, 1.54) is 0 Å². The summed E-state index contributed by atoms with van der Waals surface area (Å²) in [6.45, 7) is 8.14. The van der Waals surface area contributed by atoms with Gasteiger partial charge in [0.25, 0.3) is 0 Å². The number of esters is 1. The Morgan fingerprint density at radius 3 is 2.31 bits per heavy atom. The summed E-state index contributed by atoms with van der Waals surface area (Å²) in [5.74, 6) is -0.385. The highest BCUT2D eigenvalue weighted by atomic mass is 16.6. The number of piperidine rings is 1. The first-order chi connectivity index (χ1) is 15.4. The predicted molar refractivity (Wildman–Crippen MR) is 121 cm³/mol. The van der Waals surface area contributed by atoms with E-state index in [-0.39, 0.29) is 30.5 Å². The Morgan fingerprint density at radius 2 is 1.69 bits per heavy atom. The second kappa shape index (κ2) is 10.8. The summed E-state index contributed by atoms with van der Waals surface area (Å²) in [7, 11) is 0. The molecule has 0 N–H and O–H groups in total. The van der Waals surface area contributed by atoms with E-state index in [2.05, 4.69) is 6.92 Å². The fraction of sp³-hybridized carbons (Fsp3) is 0.640.